The number of rotatable bonds is 1. The van der Waals surface area contributed by atoms with Crippen LogP contribution in [0.5, 0.6) is 0 Å². The third-order valence-corrected chi connectivity index (χ3v) is 3.29. The lowest BCUT2D eigenvalue weighted by atomic mass is 9.87. The number of aliphatic hydroxyl groups excluding tert-OH is 1. The Labute approximate surface area is 118 Å². The number of pyridine rings is 2. The summed E-state index contributed by atoms with van der Waals surface area (Å²) >= 11 is 0. The maximum absolute atomic E-state index is 10.6. The van der Waals surface area contributed by atoms with Gasteiger partial charge in [-0.15, -0.1) is 0 Å². The third-order valence-electron chi connectivity index (χ3n) is 3.29. The average Bonchev–Trinajstić information content (AvgIpc) is 2.42. The smallest absolute Gasteiger partial charge is 0.115 e. The fourth-order valence-electron chi connectivity index (χ4n) is 2.54. The molecule has 0 fully saturated rings. The standard InChI is InChI=1S/C16H18N2O2/c1-16(2,3)20-15-11-7-5-9-18-13(11)12-10(14(15)19)6-4-8-17-12/h4-9,14-15,19H,1-3H3/t14-,15-/m1/s1. The van der Waals surface area contributed by atoms with E-state index in [9.17, 15) is 5.11 Å². The maximum atomic E-state index is 10.6. The number of fused-ring (bicyclic) bond motifs is 3. The molecule has 4 heteroatoms. The lowest BCUT2D eigenvalue weighted by Gasteiger charge is -2.35. The van der Waals surface area contributed by atoms with Crippen molar-refractivity contribution in [1.29, 1.82) is 0 Å². The van der Waals surface area contributed by atoms with Gasteiger partial charge in [-0.25, -0.2) is 0 Å². The van der Waals surface area contributed by atoms with Crippen LogP contribution in [0.15, 0.2) is 36.7 Å². The largest absolute Gasteiger partial charge is 0.385 e. The minimum atomic E-state index is -0.727. The molecular weight excluding hydrogens is 252 g/mol. The van der Waals surface area contributed by atoms with E-state index in [1.54, 1.807) is 12.4 Å². The quantitative estimate of drug-likeness (QED) is 0.865. The Morgan fingerprint density at radius 2 is 1.55 bits per heavy atom. The first-order valence-corrected chi connectivity index (χ1v) is 6.73. The minimum absolute atomic E-state index is 0.349. The molecule has 2 heterocycles. The lowest BCUT2D eigenvalue weighted by molar-refractivity contribution is -0.116. The Morgan fingerprint density at radius 3 is 2.15 bits per heavy atom. The Balaban J connectivity index is 2.16. The van der Waals surface area contributed by atoms with Gasteiger partial charge in [-0.05, 0) is 32.9 Å². The van der Waals surface area contributed by atoms with E-state index in [0.29, 0.717) is 0 Å². The van der Waals surface area contributed by atoms with Crippen LogP contribution in [0, 0.1) is 0 Å². The van der Waals surface area contributed by atoms with Crippen molar-refractivity contribution in [2.24, 2.45) is 0 Å². The van der Waals surface area contributed by atoms with Gasteiger partial charge in [-0.3, -0.25) is 9.97 Å². The van der Waals surface area contributed by atoms with E-state index in [2.05, 4.69) is 9.97 Å². The second kappa shape index (κ2) is 4.65. The molecule has 2 aromatic rings. The zero-order chi connectivity index (χ0) is 14.3. The molecule has 0 bridgehead atoms. The van der Waals surface area contributed by atoms with Crippen LogP contribution >= 0.6 is 0 Å². The van der Waals surface area contributed by atoms with E-state index in [1.165, 1.54) is 0 Å². The minimum Gasteiger partial charge on any atom is -0.385 e. The number of aliphatic hydroxyl groups is 1. The molecule has 1 aliphatic carbocycles. The Hall–Kier alpha value is -1.78. The lowest BCUT2D eigenvalue weighted by Crippen LogP contribution is -2.29. The van der Waals surface area contributed by atoms with Crippen molar-refractivity contribution >= 4 is 0 Å². The van der Waals surface area contributed by atoms with Crippen LogP contribution in [-0.2, 0) is 4.74 Å². The first-order chi connectivity index (χ1) is 9.47. The van der Waals surface area contributed by atoms with Crippen LogP contribution in [0.25, 0.3) is 11.4 Å². The third kappa shape index (κ3) is 2.21. The van der Waals surface area contributed by atoms with Gasteiger partial charge in [0, 0.05) is 23.5 Å². The molecule has 2 aromatic heterocycles. The molecule has 20 heavy (non-hydrogen) atoms. The molecule has 0 aliphatic heterocycles. The van der Waals surface area contributed by atoms with Gasteiger partial charge in [0.1, 0.15) is 12.2 Å². The first-order valence-electron chi connectivity index (χ1n) is 6.73. The van der Waals surface area contributed by atoms with Gasteiger partial charge in [0.2, 0.25) is 0 Å². The van der Waals surface area contributed by atoms with Crippen LogP contribution in [0.3, 0.4) is 0 Å². The summed E-state index contributed by atoms with van der Waals surface area (Å²) in [7, 11) is 0. The topological polar surface area (TPSA) is 55.2 Å². The normalized spacial score (nSPS) is 21.2. The Bertz CT molecular complexity index is 634. The summed E-state index contributed by atoms with van der Waals surface area (Å²) in [6.45, 7) is 5.94. The summed E-state index contributed by atoms with van der Waals surface area (Å²) in [6, 6.07) is 7.51. The summed E-state index contributed by atoms with van der Waals surface area (Å²) in [5.74, 6) is 0. The fourth-order valence-corrected chi connectivity index (χ4v) is 2.54. The van der Waals surface area contributed by atoms with E-state index in [-0.39, 0.29) is 5.60 Å². The van der Waals surface area contributed by atoms with Crippen molar-refractivity contribution in [3.8, 4) is 11.4 Å². The molecule has 4 nitrogen and oxygen atoms in total. The maximum Gasteiger partial charge on any atom is 0.115 e. The second-order valence-electron chi connectivity index (χ2n) is 5.98. The van der Waals surface area contributed by atoms with Crippen molar-refractivity contribution in [1.82, 2.24) is 9.97 Å². The highest BCUT2D eigenvalue weighted by molar-refractivity contribution is 5.67. The van der Waals surface area contributed by atoms with Gasteiger partial charge in [0.15, 0.2) is 0 Å². The molecule has 1 aliphatic rings. The Kier molecular flexibility index (Phi) is 3.07. The zero-order valence-electron chi connectivity index (χ0n) is 11.9. The highest BCUT2D eigenvalue weighted by Crippen LogP contribution is 2.45. The zero-order valence-corrected chi connectivity index (χ0v) is 11.9. The highest BCUT2D eigenvalue weighted by Gasteiger charge is 2.36. The number of ether oxygens (including phenoxy) is 1. The highest BCUT2D eigenvalue weighted by atomic mass is 16.5. The van der Waals surface area contributed by atoms with E-state index in [1.807, 2.05) is 45.0 Å². The summed E-state index contributed by atoms with van der Waals surface area (Å²) in [6.07, 6.45) is 2.31. The summed E-state index contributed by atoms with van der Waals surface area (Å²) in [5.41, 5.74) is 2.85. The average molecular weight is 270 g/mol. The van der Waals surface area contributed by atoms with Crippen molar-refractivity contribution < 1.29 is 9.84 Å². The molecule has 0 saturated heterocycles. The van der Waals surface area contributed by atoms with Crippen molar-refractivity contribution in [2.45, 2.75) is 38.6 Å². The molecular formula is C16H18N2O2. The predicted molar refractivity (Wildman–Crippen MR) is 76.0 cm³/mol. The summed E-state index contributed by atoms with van der Waals surface area (Å²) in [5, 5.41) is 10.6. The fraction of sp³-hybridized carbons (Fsp3) is 0.375. The summed E-state index contributed by atoms with van der Waals surface area (Å²) in [4.78, 5) is 8.79. The molecule has 0 spiro atoms. The molecule has 3 rings (SSSR count). The summed E-state index contributed by atoms with van der Waals surface area (Å²) < 4.78 is 6.06. The van der Waals surface area contributed by atoms with Gasteiger partial charge in [0.25, 0.3) is 0 Å². The van der Waals surface area contributed by atoms with Crippen LogP contribution in [0.2, 0.25) is 0 Å². The SMILES string of the molecule is CC(C)(C)O[C@@H]1c2cccnc2-c2ncccc2[C@H]1O. The van der Waals surface area contributed by atoms with Gasteiger partial charge in [-0.1, -0.05) is 12.1 Å². The molecule has 0 unspecified atom stereocenters. The van der Waals surface area contributed by atoms with E-state index < -0.39 is 12.2 Å². The van der Waals surface area contributed by atoms with E-state index in [4.69, 9.17) is 4.74 Å². The van der Waals surface area contributed by atoms with Gasteiger partial charge < -0.3 is 9.84 Å². The van der Waals surface area contributed by atoms with Gasteiger partial charge in [0.05, 0.1) is 17.0 Å². The van der Waals surface area contributed by atoms with Crippen LogP contribution in [0.1, 0.15) is 44.1 Å². The monoisotopic (exact) mass is 270 g/mol. The van der Waals surface area contributed by atoms with Crippen LogP contribution < -0.4 is 0 Å². The van der Waals surface area contributed by atoms with Crippen LogP contribution in [-0.4, -0.2) is 20.7 Å². The van der Waals surface area contributed by atoms with Crippen molar-refractivity contribution in [3.63, 3.8) is 0 Å². The molecule has 1 N–H and O–H groups in total. The predicted octanol–water partition coefficient (Wildman–Crippen LogP) is 3.05. The molecule has 0 radical (unpaired) electrons. The molecule has 0 amide bonds. The molecule has 0 aromatic carbocycles. The number of hydrogen-bond acceptors (Lipinski definition) is 4. The van der Waals surface area contributed by atoms with Crippen LogP contribution in [0.4, 0.5) is 0 Å². The van der Waals surface area contributed by atoms with E-state index in [0.717, 1.165) is 22.5 Å². The van der Waals surface area contributed by atoms with Gasteiger partial charge >= 0.3 is 0 Å². The number of nitrogens with zero attached hydrogens (tertiary/aromatic N) is 2. The van der Waals surface area contributed by atoms with E-state index >= 15 is 0 Å². The first kappa shape index (κ1) is 13.2. The Morgan fingerprint density at radius 1 is 1.00 bits per heavy atom. The molecule has 2 atom stereocenters. The molecule has 0 saturated carbocycles. The van der Waals surface area contributed by atoms with Gasteiger partial charge in [-0.2, -0.15) is 0 Å². The van der Waals surface area contributed by atoms with Crippen molar-refractivity contribution in [3.05, 3.63) is 47.8 Å². The van der Waals surface area contributed by atoms with Crippen molar-refractivity contribution in [2.75, 3.05) is 0 Å². The second-order valence-corrected chi connectivity index (χ2v) is 5.98. The number of aromatic nitrogens is 2. The molecule has 104 valence electrons. The number of hydrogen-bond donors (Lipinski definition) is 1.